The maximum Gasteiger partial charge on any atom is 0.206 e. The lowest BCUT2D eigenvalue weighted by Crippen LogP contribution is -2.12. The van der Waals surface area contributed by atoms with Gasteiger partial charge in [-0.1, -0.05) is 42.5 Å². The first-order chi connectivity index (χ1) is 9.18. The molecule has 0 N–H and O–H groups in total. The highest BCUT2D eigenvalue weighted by atomic mass is 14.9. The van der Waals surface area contributed by atoms with Gasteiger partial charge in [-0.3, -0.25) is 0 Å². The molecule has 0 saturated heterocycles. The number of aryl methyl sites for hydroxylation is 1. The Morgan fingerprint density at radius 2 is 1.53 bits per heavy atom. The molecule has 2 aromatic rings. The fourth-order valence-electron chi connectivity index (χ4n) is 2.05. The molecule has 0 spiro atoms. The third-order valence-electron chi connectivity index (χ3n) is 3.16. The van der Waals surface area contributed by atoms with Crippen LogP contribution in [0.2, 0.25) is 0 Å². The molecule has 96 valence electrons. The fourth-order valence-corrected chi connectivity index (χ4v) is 2.05. The molecule has 0 atom stereocenters. The second kappa shape index (κ2) is 6.14. The van der Waals surface area contributed by atoms with Gasteiger partial charge in [-0.15, -0.1) is 0 Å². The molecule has 0 aromatic heterocycles. The van der Waals surface area contributed by atoms with Gasteiger partial charge in [0.2, 0.25) is 5.71 Å². The van der Waals surface area contributed by atoms with Gasteiger partial charge in [-0.05, 0) is 36.3 Å². The molecule has 0 saturated carbocycles. The van der Waals surface area contributed by atoms with Crippen molar-refractivity contribution in [3.05, 3.63) is 77.4 Å². The van der Waals surface area contributed by atoms with Gasteiger partial charge in [0.1, 0.15) is 14.1 Å². The van der Waals surface area contributed by atoms with Gasteiger partial charge in [0, 0.05) is 11.6 Å². The van der Waals surface area contributed by atoms with Crippen molar-refractivity contribution in [1.29, 1.82) is 0 Å². The van der Waals surface area contributed by atoms with E-state index in [9.17, 15) is 0 Å². The monoisotopic (exact) mass is 250 g/mol. The highest BCUT2D eigenvalue weighted by molar-refractivity contribution is 6.07. The summed E-state index contributed by atoms with van der Waals surface area (Å²) in [6, 6.07) is 18.9. The minimum atomic E-state index is 1.21. The van der Waals surface area contributed by atoms with Crippen molar-refractivity contribution in [3.63, 3.8) is 0 Å². The van der Waals surface area contributed by atoms with Crippen LogP contribution < -0.4 is 0 Å². The fraction of sp³-hybridized carbons (Fsp3) is 0.167. The zero-order chi connectivity index (χ0) is 13.7. The Hall–Kier alpha value is -2.15. The predicted molar refractivity (Wildman–Crippen MR) is 82.9 cm³/mol. The van der Waals surface area contributed by atoms with Crippen LogP contribution in [0.15, 0.2) is 60.7 Å². The molecule has 1 heteroatoms. The van der Waals surface area contributed by atoms with Gasteiger partial charge in [0.15, 0.2) is 0 Å². The standard InChI is InChI=1S/C18H20N/c1-15-9-7-8-10-16(15)13-14-18(19(2)3)17-11-5-4-6-12-17/h4-14H,1-3H3/q+1/b14-13-. The van der Waals surface area contributed by atoms with Crippen LogP contribution in [0.1, 0.15) is 16.7 Å². The summed E-state index contributed by atoms with van der Waals surface area (Å²) in [7, 11) is 4.15. The number of allylic oxidation sites excluding steroid dienone is 1. The number of hydrogen-bond donors (Lipinski definition) is 0. The third-order valence-corrected chi connectivity index (χ3v) is 3.16. The maximum absolute atomic E-state index is 2.18. The lowest BCUT2D eigenvalue weighted by Gasteiger charge is -2.01. The molecule has 0 radical (unpaired) electrons. The predicted octanol–water partition coefficient (Wildman–Crippen LogP) is 3.77. The summed E-state index contributed by atoms with van der Waals surface area (Å²) in [5, 5.41) is 0. The molecule has 19 heavy (non-hydrogen) atoms. The van der Waals surface area contributed by atoms with Gasteiger partial charge in [0.25, 0.3) is 0 Å². The average molecular weight is 250 g/mol. The van der Waals surface area contributed by atoms with Crippen molar-refractivity contribution in [2.24, 2.45) is 0 Å². The normalized spacial score (nSPS) is 10.7. The van der Waals surface area contributed by atoms with E-state index in [0.717, 1.165) is 0 Å². The Bertz CT molecular complexity index is 603. The van der Waals surface area contributed by atoms with Crippen molar-refractivity contribution in [1.82, 2.24) is 0 Å². The lowest BCUT2D eigenvalue weighted by atomic mass is 10.1. The van der Waals surface area contributed by atoms with E-state index in [-0.39, 0.29) is 0 Å². The van der Waals surface area contributed by atoms with Crippen LogP contribution in [0.3, 0.4) is 0 Å². The first kappa shape index (κ1) is 13.3. The first-order valence-electron chi connectivity index (χ1n) is 6.52. The number of nitrogens with zero attached hydrogens (tertiary/aromatic N) is 1. The summed E-state index contributed by atoms with van der Waals surface area (Å²) < 4.78 is 2.14. The van der Waals surface area contributed by atoms with Crippen LogP contribution in [0.5, 0.6) is 0 Å². The van der Waals surface area contributed by atoms with Gasteiger partial charge >= 0.3 is 0 Å². The molecule has 0 fully saturated rings. The van der Waals surface area contributed by atoms with Gasteiger partial charge in [-0.25, -0.2) is 4.58 Å². The SMILES string of the molecule is Cc1ccccc1/C=C\C(c1ccccc1)=[N+](C)C. The topological polar surface area (TPSA) is 3.01 Å². The Labute approximate surface area is 115 Å². The molecule has 0 aliphatic rings. The van der Waals surface area contributed by atoms with Crippen molar-refractivity contribution in [2.75, 3.05) is 14.1 Å². The van der Waals surface area contributed by atoms with Crippen LogP contribution in [0.25, 0.3) is 6.08 Å². The number of rotatable bonds is 3. The Morgan fingerprint density at radius 1 is 0.895 bits per heavy atom. The highest BCUT2D eigenvalue weighted by Gasteiger charge is 2.06. The van der Waals surface area contributed by atoms with E-state index < -0.39 is 0 Å². The summed E-state index contributed by atoms with van der Waals surface area (Å²) in [5.74, 6) is 0. The van der Waals surface area contributed by atoms with Crippen molar-refractivity contribution in [3.8, 4) is 0 Å². The zero-order valence-corrected chi connectivity index (χ0v) is 11.8. The second-order valence-corrected chi connectivity index (χ2v) is 4.84. The summed E-state index contributed by atoms with van der Waals surface area (Å²) in [4.78, 5) is 0. The molecule has 0 heterocycles. The Balaban J connectivity index is 2.35. The van der Waals surface area contributed by atoms with Crippen LogP contribution in [-0.4, -0.2) is 24.4 Å². The first-order valence-corrected chi connectivity index (χ1v) is 6.52. The maximum atomic E-state index is 2.18. The molecule has 1 nitrogen and oxygen atoms in total. The Morgan fingerprint density at radius 3 is 2.16 bits per heavy atom. The van der Waals surface area contributed by atoms with Crippen molar-refractivity contribution >= 4 is 11.8 Å². The minimum absolute atomic E-state index is 1.21. The molecule has 0 amide bonds. The van der Waals surface area contributed by atoms with Gasteiger partial charge in [0.05, 0.1) is 0 Å². The molecule has 0 bridgehead atoms. The lowest BCUT2D eigenvalue weighted by molar-refractivity contribution is -0.463. The summed E-state index contributed by atoms with van der Waals surface area (Å²) in [5.41, 5.74) is 5.00. The largest absolute Gasteiger partial charge is 0.235 e. The van der Waals surface area contributed by atoms with Gasteiger partial charge < -0.3 is 0 Å². The van der Waals surface area contributed by atoms with E-state index in [2.05, 4.69) is 86.3 Å². The Kier molecular flexibility index (Phi) is 4.30. The van der Waals surface area contributed by atoms with E-state index in [4.69, 9.17) is 0 Å². The highest BCUT2D eigenvalue weighted by Crippen LogP contribution is 2.10. The average Bonchev–Trinajstić information content (AvgIpc) is 2.42. The minimum Gasteiger partial charge on any atom is -0.235 e. The van der Waals surface area contributed by atoms with Crippen LogP contribution in [0.4, 0.5) is 0 Å². The molecule has 0 unspecified atom stereocenters. The molecule has 0 aliphatic heterocycles. The molecular weight excluding hydrogens is 230 g/mol. The van der Waals surface area contributed by atoms with E-state index in [1.54, 1.807) is 0 Å². The van der Waals surface area contributed by atoms with Gasteiger partial charge in [-0.2, -0.15) is 0 Å². The van der Waals surface area contributed by atoms with Crippen LogP contribution >= 0.6 is 0 Å². The van der Waals surface area contributed by atoms with E-state index in [1.165, 1.54) is 22.4 Å². The van der Waals surface area contributed by atoms with Crippen molar-refractivity contribution in [2.45, 2.75) is 6.92 Å². The third kappa shape index (κ3) is 3.41. The molecule has 0 aliphatic carbocycles. The molecule has 2 rings (SSSR count). The number of hydrogen-bond acceptors (Lipinski definition) is 0. The smallest absolute Gasteiger partial charge is 0.206 e. The molecule has 2 aromatic carbocycles. The van der Waals surface area contributed by atoms with E-state index in [0.29, 0.717) is 0 Å². The summed E-state index contributed by atoms with van der Waals surface area (Å²) in [6.07, 6.45) is 4.36. The van der Waals surface area contributed by atoms with E-state index in [1.807, 2.05) is 6.07 Å². The second-order valence-electron chi connectivity index (χ2n) is 4.84. The summed E-state index contributed by atoms with van der Waals surface area (Å²) >= 11 is 0. The van der Waals surface area contributed by atoms with Crippen LogP contribution in [-0.2, 0) is 0 Å². The summed E-state index contributed by atoms with van der Waals surface area (Å²) in [6.45, 7) is 2.14. The number of benzene rings is 2. The quantitative estimate of drug-likeness (QED) is 0.576. The zero-order valence-electron chi connectivity index (χ0n) is 11.8. The van der Waals surface area contributed by atoms with Crippen molar-refractivity contribution < 1.29 is 4.58 Å². The van der Waals surface area contributed by atoms with Crippen LogP contribution in [0, 0.1) is 6.92 Å². The molecular formula is C18H20N+. The van der Waals surface area contributed by atoms with E-state index >= 15 is 0 Å².